The SMILES string of the molecule is O=[C]CC1=NCCCN1. The van der Waals surface area contributed by atoms with Gasteiger partial charge in [0, 0.05) is 13.1 Å². The van der Waals surface area contributed by atoms with Crippen LogP contribution < -0.4 is 5.32 Å². The molecular weight excluding hydrogens is 116 g/mol. The number of hydrogen-bond donors (Lipinski definition) is 1. The second-order valence-corrected chi connectivity index (χ2v) is 1.93. The van der Waals surface area contributed by atoms with E-state index in [4.69, 9.17) is 0 Å². The van der Waals surface area contributed by atoms with Crippen LogP contribution in [0.3, 0.4) is 0 Å². The lowest BCUT2D eigenvalue weighted by atomic mass is 10.3. The van der Waals surface area contributed by atoms with Crippen molar-refractivity contribution < 1.29 is 4.79 Å². The quantitative estimate of drug-likeness (QED) is 0.559. The summed E-state index contributed by atoms with van der Waals surface area (Å²) in [5, 5.41) is 3.01. The van der Waals surface area contributed by atoms with E-state index >= 15 is 0 Å². The van der Waals surface area contributed by atoms with Gasteiger partial charge in [-0.1, -0.05) is 0 Å². The lowest BCUT2D eigenvalue weighted by molar-refractivity contribution is 0.556. The molecule has 1 heterocycles. The van der Waals surface area contributed by atoms with E-state index in [1.54, 1.807) is 6.29 Å². The highest BCUT2D eigenvalue weighted by Crippen LogP contribution is 1.90. The molecule has 0 atom stereocenters. The predicted octanol–water partition coefficient (Wildman–Crippen LogP) is -0.122. The molecule has 0 bridgehead atoms. The Morgan fingerprint density at radius 2 is 2.67 bits per heavy atom. The van der Waals surface area contributed by atoms with Gasteiger partial charge in [0.2, 0.25) is 6.29 Å². The first-order valence-electron chi connectivity index (χ1n) is 3.05. The van der Waals surface area contributed by atoms with Crippen molar-refractivity contribution in [3.63, 3.8) is 0 Å². The fourth-order valence-electron chi connectivity index (χ4n) is 0.768. The summed E-state index contributed by atoms with van der Waals surface area (Å²) in [4.78, 5) is 13.9. The largest absolute Gasteiger partial charge is 0.373 e. The smallest absolute Gasteiger partial charge is 0.206 e. The van der Waals surface area contributed by atoms with E-state index < -0.39 is 0 Å². The number of rotatable bonds is 2. The summed E-state index contributed by atoms with van der Waals surface area (Å²) in [6.07, 6.45) is 3.19. The Morgan fingerprint density at radius 3 is 3.22 bits per heavy atom. The summed E-state index contributed by atoms with van der Waals surface area (Å²) in [6, 6.07) is 0. The summed E-state index contributed by atoms with van der Waals surface area (Å²) in [6.45, 7) is 1.80. The van der Waals surface area contributed by atoms with Crippen molar-refractivity contribution in [3.8, 4) is 0 Å². The number of carbonyl (C=O) groups excluding carboxylic acids is 1. The molecule has 0 aromatic heterocycles. The fraction of sp³-hybridized carbons (Fsp3) is 0.667. The molecule has 0 saturated heterocycles. The monoisotopic (exact) mass is 125 g/mol. The molecule has 1 aliphatic heterocycles. The molecule has 0 spiro atoms. The number of nitrogens with one attached hydrogen (secondary N) is 1. The molecule has 1 N–H and O–H groups in total. The van der Waals surface area contributed by atoms with Gasteiger partial charge in [0.25, 0.3) is 0 Å². The maximum atomic E-state index is 9.83. The third kappa shape index (κ3) is 1.83. The van der Waals surface area contributed by atoms with E-state index in [1.807, 2.05) is 0 Å². The molecule has 1 rings (SSSR count). The first-order valence-corrected chi connectivity index (χ1v) is 3.05. The van der Waals surface area contributed by atoms with Crippen molar-refractivity contribution in [2.24, 2.45) is 4.99 Å². The highest BCUT2D eigenvalue weighted by molar-refractivity contribution is 5.92. The van der Waals surface area contributed by atoms with E-state index in [0.717, 1.165) is 25.3 Å². The van der Waals surface area contributed by atoms with Gasteiger partial charge in [0.1, 0.15) is 5.84 Å². The number of nitrogens with zero attached hydrogens (tertiary/aromatic N) is 1. The topological polar surface area (TPSA) is 41.5 Å². The zero-order valence-corrected chi connectivity index (χ0v) is 5.18. The zero-order valence-electron chi connectivity index (χ0n) is 5.18. The van der Waals surface area contributed by atoms with E-state index in [1.165, 1.54) is 0 Å². The third-order valence-corrected chi connectivity index (χ3v) is 1.21. The molecule has 0 aromatic carbocycles. The van der Waals surface area contributed by atoms with Crippen LogP contribution in [0.5, 0.6) is 0 Å². The number of amidine groups is 1. The Kier molecular flexibility index (Phi) is 2.24. The van der Waals surface area contributed by atoms with Crippen molar-refractivity contribution in [1.29, 1.82) is 0 Å². The highest BCUT2D eigenvalue weighted by atomic mass is 16.1. The Balaban J connectivity index is 2.36. The first-order chi connectivity index (χ1) is 4.43. The van der Waals surface area contributed by atoms with Gasteiger partial charge in [-0.2, -0.15) is 0 Å². The normalized spacial score (nSPS) is 18.0. The van der Waals surface area contributed by atoms with Crippen molar-refractivity contribution in [2.75, 3.05) is 13.1 Å². The lowest BCUT2D eigenvalue weighted by Gasteiger charge is -2.10. The van der Waals surface area contributed by atoms with E-state index in [0.29, 0.717) is 6.42 Å². The predicted molar refractivity (Wildman–Crippen MR) is 35.2 cm³/mol. The number of aliphatic imine (C=N–C) groups is 1. The Labute approximate surface area is 54.2 Å². The molecule has 1 aliphatic rings. The highest BCUT2D eigenvalue weighted by Gasteiger charge is 2.01. The molecule has 0 fully saturated rings. The van der Waals surface area contributed by atoms with Crippen LogP contribution in [0.15, 0.2) is 4.99 Å². The molecule has 0 saturated carbocycles. The van der Waals surface area contributed by atoms with Gasteiger partial charge in [-0.05, 0) is 6.42 Å². The lowest BCUT2D eigenvalue weighted by Crippen LogP contribution is -2.29. The van der Waals surface area contributed by atoms with Crippen molar-refractivity contribution in [2.45, 2.75) is 12.8 Å². The van der Waals surface area contributed by atoms with Crippen LogP contribution in [0.1, 0.15) is 12.8 Å². The molecule has 0 unspecified atom stereocenters. The molecule has 9 heavy (non-hydrogen) atoms. The van der Waals surface area contributed by atoms with Crippen LogP contribution in [0.25, 0.3) is 0 Å². The molecule has 1 radical (unpaired) electrons. The molecule has 49 valence electrons. The van der Waals surface area contributed by atoms with Gasteiger partial charge < -0.3 is 5.32 Å². The zero-order chi connectivity index (χ0) is 6.53. The standard InChI is InChI=1S/C6H9N2O/c9-5-2-6-7-3-1-4-8-6/h1-4H2,(H,7,8). The van der Waals surface area contributed by atoms with Gasteiger partial charge in [0.15, 0.2) is 0 Å². The van der Waals surface area contributed by atoms with Crippen LogP contribution in [0.2, 0.25) is 0 Å². The van der Waals surface area contributed by atoms with Crippen molar-refractivity contribution in [3.05, 3.63) is 0 Å². The van der Waals surface area contributed by atoms with E-state index in [9.17, 15) is 4.79 Å². The average Bonchev–Trinajstić information content (AvgIpc) is 1.91. The van der Waals surface area contributed by atoms with Crippen LogP contribution in [-0.2, 0) is 4.79 Å². The molecule has 3 nitrogen and oxygen atoms in total. The van der Waals surface area contributed by atoms with Crippen LogP contribution >= 0.6 is 0 Å². The minimum absolute atomic E-state index is 0.319. The summed E-state index contributed by atoms with van der Waals surface area (Å²) in [7, 11) is 0. The van der Waals surface area contributed by atoms with E-state index in [-0.39, 0.29) is 0 Å². The third-order valence-electron chi connectivity index (χ3n) is 1.21. The second kappa shape index (κ2) is 3.22. The second-order valence-electron chi connectivity index (χ2n) is 1.93. The summed E-state index contributed by atoms with van der Waals surface area (Å²) in [5.41, 5.74) is 0. The first kappa shape index (κ1) is 6.26. The minimum Gasteiger partial charge on any atom is -0.373 e. The van der Waals surface area contributed by atoms with Crippen LogP contribution in [0, 0.1) is 0 Å². The molecule has 0 aliphatic carbocycles. The van der Waals surface area contributed by atoms with Gasteiger partial charge in [-0.3, -0.25) is 9.79 Å². The Bertz CT molecular complexity index is 131. The van der Waals surface area contributed by atoms with E-state index in [2.05, 4.69) is 10.3 Å². The molecular formula is C6H9N2O. The molecule has 3 heteroatoms. The average molecular weight is 125 g/mol. The maximum absolute atomic E-state index is 9.83. The van der Waals surface area contributed by atoms with Gasteiger partial charge >= 0.3 is 0 Å². The molecule has 0 amide bonds. The van der Waals surface area contributed by atoms with Gasteiger partial charge in [-0.25, -0.2) is 0 Å². The maximum Gasteiger partial charge on any atom is 0.206 e. The Hall–Kier alpha value is -0.860. The van der Waals surface area contributed by atoms with Crippen molar-refractivity contribution in [1.82, 2.24) is 5.32 Å². The van der Waals surface area contributed by atoms with Gasteiger partial charge in [0.05, 0.1) is 6.42 Å². The Morgan fingerprint density at radius 1 is 1.78 bits per heavy atom. The minimum atomic E-state index is 0.319. The van der Waals surface area contributed by atoms with Crippen molar-refractivity contribution >= 4 is 12.1 Å². The van der Waals surface area contributed by atoms with Crippen LogP contribution in [-0.4, -0.2) is 25.2 Å². The van der Waals surface area contributed by atoms with Crippen LogP contribution in [0.4, 0.5) is 0 Å². The fourth-order valence-corrected chi connectivity index (χ4v) is 0.768. The number of hydrogen-bond acceptors (Lipinski definition) is 3. The molecule has 0 aromatic rings. The summed E-state index contributed by atoms with van der Waals surface area (Å²) >= 11 is 0. The van der Waals surface area contributed by atoms with Gasteiger partial charge in [-0.15, -0.1) is 0 Å². The summed E-state index contributed by atoms with van der Waals surface area (Å²) < 4.78 is 0. The summed E-state index contributed by atoms with van der Waals surface area (Å²) in [5.74, 6) is 0.788.